The summed E-state index contributed by atoms with van der Waals surface area (Å²) in [6, 6.07) is 4.39. The summed E-state index contributed by atoms with van der Waals surface area (Å²) in [4.78, 5) is 35.3. The Labute approximate surface area is 162 Å². The number of amides is 2. The van der Waals surface area contributed by atoms with E-state index in [1.807, 2.05) is 0 Å². The predicted octanol–water partition coefficient (Wildman–Crippen LogP) is 2.96. The lowest BCUT2D eigenvalue weighted by Crippen LogP contribution is -2.36. The molecule has 0 saturated heterocycles. The molecule has 2 amide bonds. The summed E-state index contributed by atoms with van der Waals surface area (Å²) in [5.41, 5.74) is 0.275. The number of carbonyl (C=O) groups excluding carboxylic acids is 3. The fourth-order valence-electron chi connectivity index (χ4n) is 2.79. The Hall–Kier alpha value is -1.79. The summed E-state index contributed by atoms with van der Waals surface area (Å²) >= 11 is 11.6. The molecular weight excluding hydrogens is 379 g/mol. The van der Waals surface area contributed by atoms with Crippen molar-refractivity contribution in [3.63, 3.8) is 0 Å². The highest BCUT2D eigenvalue weighted by Crippen LogP contribution is 2.23. The molecule has 26 heavy (non-hydrogen) atoms. The van der Waals surface area contributed by atoms with E-state index < -0.39 is 11.9 Å². The van der Waals surface area contributed by atoms with E-state index in [0.717, 1.165) is 12.8 Å². The van der Waals surface area contributed by atoms with E-state index in [1.165, 1.54) is 37.5 Å². The van der Waals surface area contributed by atoms with Crippen molar-refractivity contribution in [3.05, 3.63) is 33.8 Å². The van der Waals surface area contributed by atoms with Gasteiger partial charge in [0.25, 0.3) is 11.8 Å². The lowest BCUT2D eigenvalue weighted by atomic mass is 9.89. The van der Waals surface area contributed by atoms with Crippen LogP contribution >= 0.6 is 23.2 Å². The molecule has 1 aliphatic carbocycles. The highest BCUT2D eigenvalue weighted by molar-refractivity contribution is 6.42. The molecule has 0 unspecified atom stereocenters. The van der Waals surface area contributed by atoms with Crippen molar-refractivity contribution in [1.82, 2.24) is 10.6 Å². The standard InChI is InChI=1S/C18H22Cl2N2O4/c19-14-7-6-13(8-15(14)20)18(25)22-10-17(24)26-11-16(23)21-9-12-4-2-1-3-5-12/h6-8,12H,1-5,9-11H2,(H,21,23)(H,22,25). The molecule has 1 aromatic rings. The molecule has 8 heteroatoms. The van der Waals surface area contributed by atoms with Gasteiger partial charge in [-0.15, -0.1) is 0 Å². The van der Waals surface area contributed by atoms with Gasteiger partial charge in [-0.25, -0.2) is 0 Å². The van der Waals surface area contributed by atoms with Crippen LogP contribution in [-0.2, 0) is 14.3 Å². The summed E-state index contributed by atoms with van der Waals surface area (Å²) < 4.78 is 4.86. The summed E-state index contributed by atoms with van der Waals surface area (Å²) in [7, 11) is 0. The van der Waals surface area contributed by atoms with Crippen molar-refractivity contribution in [2.24, 2.45) is 5.92 Å². The quantitative estimate of drug-likeness (QED) is 0.688. The monoisotopic (exact) mass is 400 g/mol. The lowest BCUT2D eigenvalue weighted by molar-refractivity contribution is -0.147. The molecule has 1 aliphatic rings. The Bertz CT molecular complexity index is 661. The van der Waals surface area contributed by atoms with Gasteiger partial charge in [-0.05, 0) is 37.0 Å². The van der Waals surface area contributed by atoms with Crippen LogP contribution in [0.4, 0.5) is 0 Å². The maximum absolute atomic E-state index is 11.9. The second kappa shape index (κ2) is 10.4. The van der Waals surface area contributed by atoms with Crippen molar-refractivity contribution in [2.45, 2.75) is 32.1 Å². The Kier molecular flexibility index (Phi) is 8.19. The lowest BCUT2D eigenvalue weighted by Gasteiger charge is -2.21. The molecule has 0 atom stereocenters. The molecule has 0 aromatic heterocycles. The number of ether oxygens (including phenoxy) is 1. The molecule has 0 spiro atoms. The number of nitrogens with one attached hydrogen (secondary N) is 2. The van der Waals surface area contributed by atoms with E-state index in [0.29, 0.717) is 17.5 Å². The Morgan fingerprint density at radius 2 is 1.77 bits per heavy atom. The highest BCUT2D eigenvalue weighted by Gasteiger charge is 2.15. The first-order chi connectivity index (χ1) is 12.5. The van der Waals surface area contributed by atoms with Crippen LogP contribution < -0.4 is 10.6 Å². The molecule has 142 valence electrons. The maximum Gasteiger partial charge on any atom is 0.325 e. The maximum atomic E-state index is 11.9. The van der Waals surface area contributed by atoms with Crippen LogP contribution in [0.5, 0.6) is 0 Å². The molecule has 0 aliphatic heterocycles. The van der Waals surface area contributed by atoms with E-state index in [4.69, 9.17) is 27.9 Å². The van der Waals surface area contributed by atoms with E-state index in [-0.39, 0.29) is 29.6 Å². The number of benzene rings is 1. The van der Waals surface area contributed by atoms with Crippen LogP contribution in [0.25, 0.3) is 0 Å². The third kappa shape index (κ3) is 6.84. The van der Waals surface area contributed by atoms with Gasteiger partial charge in [0.05, 0.1) is 10.0 Å². The average molecular weight is 401 g/mol. The van der Waals surface area contributed by atoms with Crippen molar-refractivity contribution in [2.75, 3.05) is 19.7 Å². The van der Waals surface area contributed by atoms with Crippen LogP contribution in [0.2, 0.25) is 10.0 Å². The summed E-state index contributed by atoms with van der Waals surface area (Å²) in [6.45, 7) is -0.0758. The van der Waals surface area contributed by atoms with Crippen LogP contribution in [0.3, 0.4) is 0 Å². The molecule has 2 N–H and O–H groups in total. The van der Waals surface area contributed by atoms with Gasteiger partial charge >= 0.3 is 5.97 Å². The van der Waals surface area contributed by atoms with Gasteiger partial charge in [0, 0.05) is 12.1 Å². The number of rotatable bonds is 7. The third-order valence-corrected chi connectivity index (χ3v) is 4.99. The fourth-order valence-corrected chi connectivity index (χ4v) is 3.09. The summed E-state index contributed by atoms with van der Waals surface area (Å²) in [5, 5.41) is 5.77. The van der Waals surface area contributed by atoms with E-state index in [2.05, 4.69) is 10.6 Å². The number of hydrogen-bond donors (Lipinski definition) is 2. The number of halogens is 2. The molecular formula is C18H22Cl2N2O4. The first-order valence-electron chi connectivity index (χ1n) is 8.61. The average Bonchev–Trinajstić information content (AvgIpc) is 2.65. The van der Waals surface area contributed by atoms with Gasteiger partial charge in [-0.3, -0.25) is 14.4 Å². The Balaban J connectivity index is 1.64. The fraction of sp³-hybridized carbons (Fsp3) is 0.500. The van der Waals surface area contributed by atoms with Crippen LogP contribution in [0.15, 0.2) is 18.2 Å². The van der Waals surface area contributed by atoms with Crippen molar-refractivity contribution in [1.29, 1.82) is 0 Å². The zero-order chi connectivity index (χ0) is 18.9. The minimum atomic E-state index is -0.689. The van der Waals surface area contributed by atoms with Crippen LogP contribution in [0, 0.1) is 5.92 Å². The van der Waals surface area contributed by atoms with Gasteiger partial charge in [0.1, 0.15) is 6.54 Å². The molecule has 2 rings (SSSR count). The molecule has 6 nitrogen and oxygen atoms in total. The normalized spacial score (nSPS) is 14.5. The molecule has 1 aromatic carbocycles. The van der Waals surface area contributed by atoms with Gasteiger partial charge in [0.15, 0.2) is 6.61 Å². The van der Waals surface area contributed by atoms with E-state index in [9.17, 15) is 14.4 Å². The van der Waals surface area contributed by atoms with Gasteiger partial charge in [-0.1, -0.05) is 42.5 Å². The van der Waals surface area contributed by atoms with E-state index in [1.54, 1.807) is 0 Å². The minimum absolute atomic E-state index is 0.247. The first kappa shape index (κ1) is 20.5. The topological polar surface area (TPSA) is 84.5 Å². The number of hydrogen-bond acceptors (Lipinski definition) is 4. The third-order valence-electron chi connectivity index (χ3n) is 4.25. The van der Waals surface area contributed by atoms with Crippen LogP contribution in [-0.4, -0.2) is 37.5 Å². The zero-order valence-corrected chi connectivity index (χ0v) is 15.9. The van der Waals surface area contributed by atoms with Crippen molar-refractivity contribution >= 4 is 41.0 Å². The van der Waals surface area contributed by atoms with E-state index >= 15 is 0 Å². The smallest absolute Gasteiger partial charge is 0.325 e. The largest absolute Gasteiger partial charge is 0.454 e. The second-order valence-electron chi connectivity index (χ2n) is 6.28. The summed E-state index contributed by atoms with van der Waals surface area (Å²) in [6.07, 6.45) is 5.92. The van der Waals surface area contributed by atoms with Gasteiger partial charge in [-0.2, -0.15) is 0 Å². The first-order valence-corrected chi connectivity index (χ1v) is 9.37. The Morgan fingerprint density at radius 3 is 2.46 bits per heavy atom. The number of carbonyl (C=O) groups is 3. The molecule has 0 heterocycles. The van der Waals surface area contributed by atoms with Crippen LogP contribution in [0.1, 0.15) is 42.5 Å². The molecule has 1 fully saturated rings. The molecule has 0 radical (unpaired) electrons. The van der Waals surface area contributed by atoms with Gasteiger partial charge < -0.3 is 15.4 Å². The van der Waals surface area contributed by atoms with Crippen molar-refractivity contribution < 1.29 is 19.1 Å². The highest BCUT2D eigenvalue weighted by atomic mass is 35.5. The predicted molar refractivity (Wildman–Crippen MR) is 99.3 cm³/mol. The molecule has 1 saturated carbocycles. The molecule has 0 bridgehead atoms. The number of esters is 1. The van der Waals surface area contributed by atoms with Crippen molar-refractivity contribution in [3.8, 4) is 0 Å². The SMILES string of the molecule is O=C(COC(=O)CNC(=O)c1ccc(Cl)c(Cl)c1)NCC1CCCCC1. The minimum Gasteiger partial charge on any atom is -0.454 e. The van der Waals surface area contributed by atoms with Gasteiger partial charge in [0.2, 0.25) is 0 Å². The second-order valence-corrected chi connectivity index (χ2v) is 7.09. The zero-order valence-electron chi connectivity index (χ0n) is 14.4. The Morgan fingerprint density at radius 1 is 1.04 bits per heavy atom. The summed E-state index contributed by atoms with van der Waals surface area (Å²) in [5.74, 6) is -0.998.